The highest BCUT2D eigenvalue weighted by atomic mass is 14.8. The highest BCUT2D eigenvalue weighted by Gasteiger charge is 1.97. The smallest absolute Gasteiger partial charge is 0.0357 e. The van der Waals surface area contributed by atoms with Crippen molar-refractivity contribution < 1.29 is 0 Å². The number of hydrogen-bond donors (Lipinski definition) is 2. The van der Waals surface area contributed by atoms with Crippen LogP contribution < -0.4 is 5.32 Å². The number of hydrogen-bond acceptors (Lipinski definition) is 2. The van der Waals surface area contributed by atoms with E-state index in [0.717, 1.165) is 24.1 Å². The van der Waals surface area contributed by atoms with Crippen LogP contribution in [0.5, 0.6) is 0 Å². The van der Waals surface area contributed by atoms with Gasteiger partial charge in [-0.05, 0) is 18.4 Å². The lowest BCUT2D eigenvalue weighted by Gasteiger charge is -2.02. The van der Waals surface area contributed by atoms with E-state index in [4.69, 9.17) is 5.41 Å². The first kappa shape index (κ1) is 9.21. The lowest BCUT2D eigenvalue weighted by atomic mass is 10.1. The van der Waals surface area contributed by atoms with Crippen molar-refractivity contribution in [3.05, 3.63) is 11.8 Å². The molecule has 0 aliphatic rings. The summed E-state index contributed by atoms with van der Waals surface area (Å²) in [6, 6.07) is 0. The van der Waals surface area contributed by atoms with Crippen molar-refractivity contribution in [3.63, 3.8) is 0 Å². The monoisotopic (exact) mass is 140 g/mol. The van der Waals surface area contributed by atoms with Crippen LogP contribution in [0.2, 0.25) is 0 Å². The minimum atomic E-state index is 0.733. The summed E-state index contributed by atoms with van der Waals surface area (Å²) < 4.78 is 0. The van der Waals surface area contributed by atoms with E-state index in [9.17, 15) is 0 Å². The quantitative estimate of drug-likeness (QED) is 0.575. The molecule has 0 spiro atoms. The van der Waals surface area contributed by atoms with E-state index < -0.39 is 0 Å². The Kier molecular flexibility index (Phi) is 4.63. The van der Waals surface area contributed by atoms with Crippen LogP contribution in [0.4, 0.5) is 0 Å². The maximum absolute atomic E-state index is 7.49. The Morgan fingerprint density at radius 3 is 2.30 bits per heavy atom. The van der Waals surface area contributed by atoms with Gasteiger partial charge in [0.25, 0.3) is 0 Å². The molecule has 0 bridgehead atoms. The third kappa shape index (κ3) is 2.67. The zero-order valence-electron chi connectivity index (χ0n) is 6.99. The first-order valence-corrected chi connectivity index (χ1v) is 3.70. The van der Waals surface area contributed by atoms with Gasteiger partial charge < -0.3 is 10.7 Å². The molecule has 0 aromatic carbocycles. The molecule has 2 N–H and O–H groups in total. The van der Waals surface area contributed by atoms with Gasteiger partial charge in [0.15, 0.2) is 0 Å². The van der Waals surface area contributed by atoms with Crippen LogP contribution in [0.15, 0.2) is 11.8 Å². The van der Waals surface area contributed by atoms with Crippen LogP contribution in [-0.2, 0) is 0 Å². The van der Waals surface area contributed by atoms with E-state index in [1.165, 1.54) is 0 Å². The molecule has 0 atom stereocenters. The Morgan fingerprint density at radius 1 is 1.40 bits per heavy atom. The van der Waals surface area contributed by atoms with Gasteiger partial charge >= 0.3 is 0 Å². The third-order valence-corrected chi connectivity index (χ3v) is 1.44. The van der Waals surface area contributed by atoms with Crippen molar-refractivity contribution in [2.24, 2.45) is 0 Å². The van der Waals surface area contributed by atoms with E-state index >= 15 is 0 Å². The molecule has 58 valence electrons. The van der Waals surface area contributed by atoms with Gasteiger partial charge in [0.2, 0.25) is 0 Å². The van der Waals surface area contributed by atoms with Gasteiger partial charge in [-0.3, -0.25) is 0 Å². The molecule has 0 saturated heterocycles. The summed E-state index contributed by atoms with van der Waals surface area (Å²) in [6.45, 7) is 4.06. The summed E-state index contributed by atoms with van der Waals surface area (Å²) in [5.74, 6) is 0. The SMILES string of the molecule is CCC(=N)/C(=C\NC)CC. The summed E-state index contributed by atoms with van der Waals surface area (Å²) >= 11 is 0. The fourth-order valence-electron chi connectivity index (χ4n) is 0.804. The van der Waals surface area contributed by atoms with Crippen LogP contribution in [0.3, 0.4) is 0 Å². The summed E-state index contributed by atoms with van der Waals surface area (Å²) in [4.78, 5) is 0. The molecule has 10 heavy (non-hydrogen) atoms. The number of rotatable bonds is 4. The second-order valence-corrected chi connectivity index (χ2v) is 2.14. The summed E-state index contributed by atoms with van der Waals surface area (Å²) in [5.41, 5.74) is 1.84. The average molecular weight is 140 g/mol. The minimum absolute atomic E-state index is 0.733. The lowest BCUT2D eigenvalue weighted by Crippen LogP contribution is -2.04. The number of allylic oxidation sites excluding steroid dienone is 1. The van der Waals surface area contributed by atoms with Crippen molar-refractivity contribution in [1.29, 1.82) is 5.41 Å². The van der Waals surface area contributed by atoms with E-state index in [-0.39, 0.29) is 0 Å². The summed E-state index contributed by atoms with van der Waals surface area (Å²) in [6.07, 6.45) is 3.65. The van der Waals surface area contributed by atoms with Gasteiger partial charge in [-0.25, -0.2) is 0 Å². The zero-order valence-corrected chi connectivity index (χ0v) is 6.99. The van der Waals surface area contributed by atoms with Gasteiger partial charge in [0, 0.05) is 19.0 Å². The Balaban J connectivity index is 4.06. The van der Waals surface area contributed by atoms with Crippen LogP contribution in [0, 0.1) is 5.41 Å². The maximum Gasteiger partial charge on any atom is 0.0357 e. The van der Waals surface area contributed by atoms with Crippen molar-refractivity contribution in [2.45, 2.75) is 26.7 Å². The van der Waals surface area contributed by atoms with Crippen molar-refractivity contribution in [1.82, 2.24) is 5.32 Å². The van der Waals surface area contributed by atoms with E-state index in [1.807, 2.05) is 20.2 Å². The first-order valence-electron chi connectivity index (χ1n) is 3.70. The molecule has 2 heteroatoms. The minimum Gasteiger partial charge on any atom is -0.394 e. The molecular formula is C8H16N2. The molecule has 0 radical (unpaired) electrons. The number of nitrogens with one attached hydrogen (secondary N) is 2. The molecule has 2 nitrogen and oxygen atoms in total. The Bertz CT molecular complexity index is 136. The lowest BCUT2D eigenvalue weighted by molar-refractivity contribution is 1.03. The van der Waals surface area contributed by atoms with Crippen molar-refractivity contribution >= 4 is 5.71 Å². The molecule has 0 unspecified atom stereocenters. The second-order valence-electron chi connectivity index (χ2n) is 2.14. The molecule has 0 amide bonds. The highest BCUT2D eigenvalue weighted by molar-refractivity contribution is 5.97. The van der Waals surface area contributed by atoms with Crippen molar-refractivity contribution in [3.8, 4) is 0 Å². The molecule has 0 aliphatic carbocycles. The van der Waals surface area contributed by atoms with Crippen LogP contribution >= 0.6 is 0 Å². The Morgan fingerprint density at radius 2 is 2.00 bits per heavy atom. The van der Waals surface area contributed by atoms with E-state index in [2.05, 4.69) is 12.2 Å². The molecule has 0 aromatic rings. The highest BCUT2D eigenvalue weighted by Crippen LogP contribution is 2.03. The predicted molar refractivity (Wildman–Crippen MR) is 45.5 cm³/mol. The van der Waals surface area contributed by atoms with Crippen molar-refractivity contribution in [2.75, 3.05) is 7.05 Å². The van der Waals surface area contributed by atoms with Gasteiger partial charge in [0.05, 0.1) is 0 Å². The molecule has 0 saturated carbocycles. The van der Waals surface area contributed by atoms with E-state index in [0.29, 0.717) is 0 Å². The van der Waals surface area contributed by atoms with Crippen LogP contribution in [0.1, 0.15) is 26.7 Å². The van der Waals surface area contributed by atoms with E-state index in [1.54, 1.807) is 0 Å². The van der Waals surface area contributed by atoms with Gasteiger partial charge in [0.1, 0.15) is 0 Å². The van der Waals surface area contributed by atoms with Gasteiger partial charge in [-0.15, -0.1) is 0 Å². The molecule has 0 aliphatic heterocycles. The molecule has 0 heterocycles. The molecular weight excluding hydrogens is 124 g/mol. The maximum atomic E-state index is 7.49. The largest absolute Gasteiger partial charge is 0.394 e. The fourth-order valence-corrected chi connectivity index (χ4v) is 0.804. The Labute approximate surface area is 62.8 Å². The fraction of sp³-hybridized carbons (Fsp3) is 0.625. The summed E-state index contributed by atoms with van der Waals surface area (Å²) in [7, 11) is 1.86. The zero-order chi connectivity index (χ0) is 7.98. The third-order valence-electron chi connectivity index (χ3n) is 1.44. The Hall–Kier alpha value is -0.790. The topological polar surface area (TPSA) is 35.9 Å². The molecule has 0 aromatic heterocycles. The first-order chi connectivity index (χ1) is 4.76. The van der Waals surface area contributed by atoms with Crippen LogP contribution in [0.25, 0.3) is 0 Å². The molecule has 0 fully saturated rings. The van der Waals surface area contributed by atoms with Crippen LogP contribution in [-0.4, -0.2) is 12.8 Å². The molecule has 0 rings (SSSR count). The standard InChI is InChI=1S/C8H16N2/c1-4-7(6-10-3)8(9)5-2/h6,9-10H,4-5H2,1-3H3/b7-6-,9-8?. The normalized spacial score (nSPS) is 11.3. The summed E-state index contributed by atoms with van der Waals surface area (Å²) in [5, 5.41) is 10.4. The second kappa shape index (κ2) is 5.03. The average Bonchev–Trinajstić information content (AvgIpc) is 1.99. The van der Waals surface area contributed by atoms with Gasteiger partial charge in [-0.2, -0.15) is 0 Å². The predicted octanol–water partition coefficient (Wildman–Crippen LogP) is 1.93. The van der Waals surface area contributed by atoms with Gasteiger partial charge in [-0.1, -0.05) is 13.8 Å².